The first-order valence-electron chi connectivity index (χ1n) is 10.1. The monoisotopic (exact) mass is 398 g/mol. The highest BCUT2D eigenvalue weighted by Gasteiger charge is 2.58. The Hall–Kier alpha value is -1.12. The Morgan fingerprint density at radius 2 is 1.52 bits per heavy atom. The molecule has 0 heterocycles. The normalized spacial score (nSPS) is 20.9. The molecule has 1 atom stereocenters. The number of benzene rings is 1. The van der Waals surface area contributed by atoms with E-state index in [1.807, 2.05) is 6.07 Å². The van der Waals surface area contributed by atoms with Crippen LogP contribution in [0.2, 0.25) is 36.3 Å². The third kappa shape index (κ3) is 3.52. The molecule has 2 rings (SSSR count). The molecule has 1 aromatic carbocycles. The van der Waals surface area contributed by atoms with E-state index in [0.29, 0.717) is 6.42 Å². The summed E-state index contributed by atoms with van der Waals surface area (Å²) < 4.78 is 0. The van der Waals surface area contributed by atoms with Gasteiger partial charge < -0.3 is 0 Å². The van der Waals surface area contributed by atoms with E-state index in [2.05, 4.69) is 98.3 Å². The van der Waals surface area contributed by atoms with Crippen LogP contribution >= 0.6 is 0 Å². The van der Waals surface area contributed by atoms with Gasteiger partial charge in [0, 0.05) is 12.0 Å². The van der Waals surface area contributed by atoms with Crippen LogP contribution in [0.1, 0.15) is 69.4 Å². The van der Waals surface area contributed by atoms with Crippen LogP contribution < -0.4 is 0 Å². The largest absolute Gasteiger partial charge is 0.294 e. The maximum atomic E-state index is 13.1. The maximum Gasteiger partial charge on any atom is 0.164 e. The zero-order valence-corrected chi connectivity index (χ0v) is 21.3. The van der Waals surface area contributed by atoms with Crippen molar-refractivity contribution in [2.45, 2.75) is 96.2 Å². The fraction of sp³-hybridized carbons (Fsp3) is 0.625. The Kier molecular flexibility index (Phi) is 5.30. The lowest BCUT2D eigenvalue weighted by molar-refractivity contribution is 0.0988. The molecule has 0 aromatic heterocycles. The summed E-state index contributed by atoms with van der Waals surface area (Å²) in [5.74, 6) is 4.13. The molecule has 0 amide bonds. The summed E-state index contributed by atoms with van der Waals surface area (Å²) in [6.07, 6.45) is 0.559. The number of carbonyl (C=O) groups excluding carboxylic acids is 1. The Morgan fingerprint density at radius 1 is 0.963 bits per heavy atom. The van der Waals surface area contributed by atoms with E-state index in [9.17, 15) is 4.79 Å². The molecular formula is C24H38OSi2. The van der Waals surface area contributed by atoms with Crippen LogP contribution in [0.15, 0.2) is 18.2 Å². The molecule has 0 saturated heterocycles. The molecule has 0 bridgehead atoms. The molecule has 1 nitrogen and oxygen atoms in total. The minimum Gasteiger partial charge on any atom is -0.294 e. The molecule has 0 spiro atoms. The van der Waals surface area contributed by atoms with E-state index in [0.717, 1.165) is 5.56 Å². The van der Waals surface area contributed by atoms with Crippen LogP contribution in [0.5, 0.6) is 0 Å². The molecule has 0 N–H and O–H groups in total. The van der Waals surface area contributed by atoms with Crippen molar-refractivity contribution in [3.05, 3.63) is 34.9 Å². The van der Waals surface area contributed by atoms with Crippen molar-refractivity contribution in [1.82, 2.24) is 0 Å². The second-order valence-electron chi connectivity index (χ2n) is 11.6. The highest BCUT2D eigenvalue weighted by Crippen LogP contribution is 2.54. The highest BCUT2D eigenvalue weighted by molar-refractivity contribution is 6.88. The Morgan fingerprint density at radius 3 is 2.00 bits per heavy atom. The topological polar surface area (TPSA) is 17.1 Å². The first-order valence-corrected chi connectivity index (χ1v) is 16.1. The molecule has 3 heteroatoms. The molecule has 27 heavy (non-hydrogen) atoms. The van der Waals surface area contributed by atoms with Crippen molar-refractivity contribution in [3.63, 3.8) is 0 Å². The van der Waals surface area contributed by atoms with Gasteiger partial charge in [-0.05, 0) is 22.6 Å². The van der Waals surface area contributed by atoms with Gasteiger partial charge in [-0.1, -0.05) is 91.5 Å². The second kappa shape index (κ2) is 6.46. The smallest absolute Gasteiger partial charge is 0.164 e. The molecule has 1 unspecified atom stereocenters. The maximum absolute atomic E-state index is 13.1. The van der Waals surface area contributed by atoms with Crippen LogP contribution in [-0.2, 0) is 5.04 Å². The quantitative estimate of drug-likeness (QED) is 0.371. The second-order valence-corrected chi connectivity index (χ2v) is 22.2. The number of Topliss-reactive ketones (excluding diaryl/α,β-unsaturated/α-hetero) is 1. The average molecular weight is 399 g/mol. The van der Waals surface area contributed by atoms with E-state index in [1.165, 1.54) is 11.1 Å². The van der Waals surface area contributed by atoms with Gasteiger partial charge in [-0.25, -0.2) is 0 Å². The third-order valence-electron chi connectivity index (χ3n) is 7.77. The molecule has 0 fully saturated rings. The third-order valence-corrected chi connectivity index (χ3v) is 18.7. The van der Waals surface area contributed by atoms with Crippen LogP contribution in [0.4, 0.5) is 0 Å². The number of fused-ring (bicyclic) bond motifs is 1. The molecule has 1 aliphatic carbocycles. The van der Waals surface area contributed by atoms with Crippen molar-refractivity contribution in [2.75, 3.05) is 0 Å². The van der Waals surface area contributed by atoms with Crippen molar-refractivity contribution < 1.29 is 4.79 Å². The summed E-state index contributed by atoms with van der Waals surface area (Å²) in [4.78, 5) is 13.1. The molecule has 0 saturated carbocycles. The van der Waals surface area contributed by atoms with Crippen LogP contribution in [0.25, 0.3) is 0 Å². The van der Waals surface area contributed by atoms with Crippen molar-refractivity contribution in [2.24, 2.45) is 0 Å². The van der Waals surface area contributed by atoms with E-state index in [-0.39, 0.29) is 20.9 Å². The van der Waals surface area contributed by atoms with Gasteiger partial charge in [0.1, 0.15) is 8.07 Å². The molecular weight excluding hydrogens is 360 g/mol. The SMILES string of the molecule is Cc1ccc2c(c1)C(C#C[Si](C)(C)C(C)(C)C)([Si](C)(C)C(C)(C)C)CC2=O. The summed E-state index contributed by atoms with van der Waals surface area (Å²) in [6.45, 7) is 25.7. The van der Waals surface area contributed by atoms with Gasteiger partial charge in [0.15, 0.2) is 5.78 Å². The first-order chi connectivity index (χ1) is 12.0. The number of aryl methyl sites for hydroxylation is 1. The van der Waals surface area contributed by atoms with Crippen LogP contribution in [0.3, 0.4) is 0 Å². The lowest BCUT2D eigenvalue weighted by Gasteiger charge is -2.48. The first kappa shape index (κ1) is 22.2. The minimum atomic E-state index is -1.97. The Labute approximate surface area is 169 Å². The fourth-order valence-corrected chi connectivity index (χ4v) is 7.77. The van der Waals surface area contributed by atoms with E-state index in [1.54, 1.807) is 0 Å². The van der Waals surface area contributed by atoms with Gasteiger partial charge in [-0.2, -0.15) is 0 Å². The van der Waals surface area contributed by atoms with E-state index in [4.69, 9.17) is 0 Å². The van der Waals surface area contributed by atoms with E-state index < -0.39 is 16.1 Å². The summed E-state index contributed by atoms with van der Waals surface area (Å²) in [5, 5.41) is 0.0760. The summed E-state index contributed by atoms with van der Waals surface area (Å²) in [6, 6.07) is 6.36. The summed E-state index contributed by atoms with van der Waals surface area (Å²) in [5.41, 5.74) is 7.16. The van der Waals surface area contributed by atoms with Crippen LogP contribution in [0, 0.1) is 18.4 Å². The summed E-state index contributed by atoms with van der Waals surface area (Å²) >= 11 is 0. The van der Waals surface area contributed by atoms with Gasteiger partial charge in [-0.3, -0.25) is 4.79 Å². The lowest BCUT2D eigenvalue weighted by Crippen LogP contribution is -2.56. The Bertz CT molecular complexity index is 823. The van der Waals surface area contributed by atoms with Gasteiger partial charge in [0.25, 0.3) is 0 Å². The zero-order valence-electron chi connectivity index (χ0n) is 19.3. The lowest BCUT2D eigenvalue weighted by atomic mass is 9.99. The Balaban J connectivity index is 2.84. The van der Waals surface area contributed by atoms with Crippen molar-refractivity contribution >= 4 is 21.9 Å². The molecule has 148 valence electrons. The van der Waals surface area contributed by atoms with Crippen LogP contribution in [-0.4, -0.2) is 21.9 Å². The number of hydrogen-bond acceptors (Lipinski definition) is 1. The predicted molar refractivity (Wildman–Crippen MR) is 124 cm³/mol. The van der Waals surface area contributed by atoms with Crippen molar-refractivity contribution in [1.29, 1.82) is 0 Å². The van der Waals surface area contributed by atoms with E-state index >= 15 is 0 Å². The fourth-order valence-electron chi connectivity index (χ4n) is 3.60. The average Bonchev–Trinajstić information content (AvgIpc) is 2.76. The molecule has 0 radical (unpaired) electrons. The number of hydrogen-bond donors (Lipinski definition) is 0. The van der Waals surface area contributed by atoms with Gasteiger partial charge in [0.05, 0.1) is 13.1 Å². The van der Waals surface area contributed by atoms with Gasteiger partial charge in [0.2, 0.25) is 0 Å². The number of carbonyl (C=O) groups is 1. The van der Waals surface area contributed by atoms with Gasteiger partial charge in [-0.15, -0.1) is 11.5 Å². The highest BCUT2D eigenvalue weighted by atomic mass is 28.3. The van der Waals surface area contributed by atoms with Gasteiger partial charge >= 0.3 is 0 Å². The number of rotatable bonds is 1. The molecule has 1 aromatic rings. The summed E-state index contributed by atoms with van der Waals surface area (Å²) in [7, 11) is -3.73. The minimum absolute atomic E-state index is 0.154. The predicted octanol–water partition coefficient (Wildman–Crippen LogP) is 6.92. The number of ketones is 1. The standard InChI is InChI=1S/C24H38OSi2/c1-18-12-13-19-20(16-18)24(17-21(19)25,27(10,11)23(5,6)7)14-15-26(8,9)22(2,3)4/h12-13,16H,17H2,1-11H3. The van der Waals surface area contributed by atoms with Crippen molar-refractivity contribution in [3.8, 4) is 11.5 Å². The molecule has 0 aliphatic heterocycles. The molecule has 1 aliphatic rings. The zero-order chi connectivity index (χ0) is 21.1.